The second-order valence-electron chi connectivity index (χ2n) is 5.08. The van der Waals surface area contributed by atoms with Gasteiger partial charge in [0.15, 0.2) is 0 Å². The van der Waals surface area contributed by atoms with Gasteiger partial charge in [0, 0.05) is 12.3 Å². The normalized spacial score (nSPS) is 10.8. The van der Waals surface area contributed by atoms with Gasteiger partial charge < -0.3 is 9.67 Å². The lowest BCUT2D eigenvalue weighted by atomic mass is 10.0. The molecule has 0 saturated heterocycles. The number of aromatic carboxylic acids is 1. The molecule has 0 aliphatic carbocycles. The fourth-order valence-corrected chi connectivity index (χ4v) is 1.98. The van der Waals surface area contributed by atoms with Crippen molar-refractivity contribution in [2.45, 2.75) is 26.3 Å². The van der Waals surface area contributed by atoms with E-state index in [0.29, 0.717) is 12.5 Å². The van der Waals surface area contributed by atoms with Crippen molar-refractivity contribution in [3.63, 3.8) is 0 Å². The summed E-state index contributed by atoms with van der Waals surface area (Å²) in [7, 11) is 0. The summed E-state index contributed by atoms with van der Waals surface area (Å²) < 4.78 is 1.50. The zero-order chi connectivity index (χ0) is 14.7. The number of benzene rings is 1. The predicted molar refractivity (Wildman–Crippen MR) is 77.3 cm³/mol. The Morgan fingerprint density at radius 1 is 1.20 bits per heavy atom. The van der Waals surface area contributed by atoms with Gasteiger partial charge in [-0.25, -0.2) is 4.79 Å². The highest BCUT2D eigenvalue weighted by Crippen LogP contribution is 2.15. The van der Waals surface area contributed by atoms with Crippen LogP contribution in [0, 0.1) is 0 Å². The van der Waals surface area contributed by atoms with E-state index < -0.39 is 5.97 Å². The van der Waals surface area contributed by atoms with Crippen molar-refractivity contribution in [2.75, 3.05) is 0 Å². The Balaban J connectivity index is 2.22. The van der Waals surface area contributed by atoms with Crippen LogP contribution in [0.25, 0.3) is 0 Å². The molecule has 0 aliphatic heterocycles. The first-order chi connectivity index (χ1) is 9.47. The van der Waals surface area contributed by atoms with E-state index in [1.807, 2.05) is 12.1 Å². The van der Waals surface area contributed by atoms with Crippen LogP contribution in [0.4, 0.5) is 0 Å². The lowest BCUT2D eigenvalue weighted by Crippen LogP contribution is -2.20. The molecule has 0 bridgehead atoms. The number of pyridine rings is 1. The number of carbonyl (C=O) groups is 1. The molecule has 1 aromatic heterocycles. The van der Waals surface area contributed by atoms with Crippen LogP contribution in [0.5, 0.6) is 0 Å². The van der Waals surface area contributed by atoms with Gasteiger partial charge in [0.25, 0.3) is 5.56 Å². The SMILES string of the molecule is CC(C)c1ccc(Cn2ccc(C(=O)O)cc2=O)cc1. The van der Waals surface area contributed by atoms with Crippen molar-refractivity contribution < 1.29 is 9.90 Å². The van der Waals surface area contributed by atoms with Gasteiger partial charge in [0.1, 0.15) is 0 Å². The van der Waals surface area contributed by atoms with Crippen LogP contribution < -0.4 is 5.56 Å². The molecular formula is C16H17NO3. The minimum absolute atomic E-state index is 0.0152. The maximum atomic E-state index is 11.8. The van der Waals surface area contributed by atoms with Crippen molar-refractivity contribution in [3.05, 3.63) is 69.6 Å². The molecule has 104 valence electrons. The van der Waals surface area contributed by atoms with Gasteiger partial charge in [-0.2, -0.15) is 0 Å². The predicted octanol–water partition coefficient (Wildman–Crippen LogP) is 2.72. The Morgan fingerprint density at radius 2 is 1.85 bits per heavy atom. The highest BCUT2D eigenvalue weighted by atomic mass is 16.4. The Labute approximate surface area is 117 Å². The fourth-order valence-electron chi connectivity index (χ4n) is 1.98. The van der Waals surface area contributed by atoms with Crippen LogP contribution in [0.2, 0.25) is 0 Å². The summed E-state index contributed by atoms with van der Waals surface area (Å²) in [5, 5.41) is 8.82. The number of rotatable bonds is 4. The maximum Gasteiger partial charge on any atom is 0.335 e. The summed E-state index contributed by atoms with van der Waals surface area (Å²) in [5.41, 5.74) is 1.97. The van der Waals surface area contributed by atoms with Gasteiger partial charge in [-0.05, 0) is 23.1 Å². The lowest BCUT2D eigenvalue weighted by molar-refractivity contribution is 0.0696. The molecule has 0 atom stereocenters. The van der Waals surface area contributed by atoms with Crippen molar-refractivity contribution in [3.8, 4) is 0 Å². The molecule has 1 heterocycles. The molecule has 4 nitrogen and oxygen atoms in total. The monoisotopic (exact) mass is 271 g/mol. The third-order valence-electron chi connectivity index (χ3n) is 3.24. The van der Waals surface area contributed by atoms with Crippen LogP contribution >= 0.6 is 0 Å². The number of hydrogen-bond donors (Lipinski definition) is 1. The van der Waals surface area contributed by atoms with Crippen molar-refractivity contribution in [1.82, 2.24) is 4.57 Å². The van der Waals surface area contributed by atoms with Gasteiger partial charge in [-0.3, -0.25) is 4.79 Å². The molecule has 0 radical (unpaired) electrons. The maximum absolute atomic E-state index is 11.8. The van der Waals surface area contributed by atoms with E-state index in [0.717, 1.165) is 11.6 Å². The van der Waals surface area contributed by atoms with Gasteiger partial charge in [-0.1, -0.05) is 38.1 Å². The Kier molecular flexibility index (Phi) is 4.03. The zero-order valence-corrected chi connectivity index (χ0v) is 11.5. The largest absolute Gasteiger partial charge is 0.478 e. The van der Waals surface area contributed by atoms with Gasteiger partial charge in [-0.15, -0.1) is 0 Å². The first-order valence-corrected chi connectivity index (χ1v) is 6.50. The standard InChI is InChI=1S/C16H17NO3/c1-11(2)13-5-3-12(4-6-13)10-17-8-7-14(16(19)20)9-15(17)18/h3-9,11H,10H2,1-2H3,(H,19,20). The molecule has 0 spiro atoms. The van der Waals surface area contributed by atoms with Crippen LogP contribution in [0.3, 0.4) is 0 Å². The summed E-state index contributed by atoms with van der Waals surface area (Å²) >= 11 is 0. The van der Waals surface area contributed by atoms with E-state index in [9.17, 15) is 9.59 Å². The molecule has 2 rings (SSSR count). The van der Waals surface area contributed by atoms with E-state index in [-0.39, 0.29) is 11.1 Å². The second kappa shape index (κ2) is 5.74. The first-order valence-electron chi connectivity index (χ1n) is 6.50. The quantitative estimate of drug-likeness (QED) is 0.930. The zero-order valence-electron chi connectivity index (χ0n) is 11.5. The first kappa shape index (κ1) is 14.1. The van der Waals surface area contributed by atoms with Crippen LogP contribution in [-0.2, 0) is 6.54 Å². The number of aromatic nitrogens is 1. The highest BCUT2D eigenvalue weighted by Gasteiger charge is 2.05. The fraction of sp³-hybridized carbons (Fsp3) is 0.250. The number of carboxylic acids is 1. The smallest absolute Gasteiger partial charge is 0.335 e. The lowest BCUT2D eigenvalue weighted by Gasteiger charge is -2.09. The Hall–Kier alpha value is -2.36. The van der Waals surface area contributed by atoms with Crippen molar-refractivity contribution >= 4 is 5.97 Å². The molecule has 0 amide bonds. The molecule has 20 heavy (non-hydrogen) atoms. The number of nitrogens with zero attached hydrogens (tertiary/aromatic N) is 1. The van der Waals surface area contributed by atoms with Crippen LogP contribution in [0.15, 0.2) is 47.4 Å². The van der Waals surface area contributed by atoms with Crippen LogP contribution in [-0.4, -0.2) is 15.6 Å². The van der Waals surface area contributed by atoms with E-state index in [1.165, 1.54) is 22.4 Å². The molecule has 0 saturated carbocycles. The Bertz CT molecular complexity index is 669. The number of carboxylic acid groups (broad SMARTS) is 1. The third-order valence-corrected chi connectivity index (χ3v) is 3.24. The van der Waals surface area contributed by atoms with Crippen molar-refractivity contribution in [1.29, 1.82) is 0 Å². The molecule has 0 fully saturated rings. The molecule has 0 aliphatic rings. The Morgan fingerprint density at radius 3 is 2.35 bits per heavy atom. The summed E-state index contributed by atoms with van der Waals surface area (Å²) in [6, 6.07) is 10.7. The highest BCUT2D eigenvalue weighted by molar-refractivity contribution is 5.87. The summed E-state index contributed by atoms with van der Waals surface area (Å²) in [5.74, 6) is -0.614. The second-order valence-corrected chi connectivity index (χ2v) is 5.08. The van der Waals surface area contributed by atoms with Gasteiger partial charge in [0.05, 0.1) is 12.1 Å². The average Bonchev–Trinajstić information content (AvgIpc) is 2.41. The molecule has 4 heteroatoms. The molecule has 1 N–H and O–H groups in total. The van der Waals surface area contributed by atoms with E-state index in [4.69, 9.17) is 5.11 Å². The third kappa shape index (κ3) is 3.15. The van der Waals surface area contributed by atoms with Gasteiger partial charge >= 0.3 is 5.97 Å². The van der Waals surface area contributed by atoms with Gasteiger partial charge in [0.2, 0.25) is 0 Å². The number of hydrogen-bond acceptors (Lipinski definition) is 2. The van der Waals surface area contributed by atoms with Crippen LogP contribution in [0.1, 0.15) is 41.3 Å². The molecule has 2 aromatic rings. The van der Waals surface area contributed by atoms with E-state index in [2.05, 4.69) is 26.0 Å². The minimum Gasteiger partial charge on any atom is -0.478 e. The summed E-state index contributed by atoms with van der Waals surface area (Å²) in [6.45, 7) is 4.70. The van der Waals surface area contributed by atoms with Crippen molar-refractivity contribution in [2.24, 2.45) is 0 Å². The summed E-state index contributed by atoms with van der Waals surface area (Å²) in [6.07, 6.45) is 1.52. The molecule has 1 aromatic carbocycles. The topological polar surface area (TPSA) is 59.3 Å². The minimum atomic E-state index is -1.09. The van der Waals surface area contributed by atoms with E-state index in [1.54, 1.807) is 0 Å². The molecule has 0 unspecified atom stereocenters. The average molecular weight is 271 g/mol. The molecular weight excluding hydrogens is 254 g/mol. The van der Waals surface area contributed by atoms with E-state index >= 15 is 0 Å². The summed E-state index contributed by atoms with van der Waals surface area (Å²) in [4.78, 5) is 22.6.